The van der Waals surface area contributed by atoms with Gasteiger partial charge in [0.05, 0.1) is 16.8 Å². The van der Waals surface area contributed by atoms with E-state index in [1.807, 2.05) is 18.2 Å². The van der Waals surface area contributed by atoms with Crippen LogP contribution in [-0.4, -0.2) is 46.2 Å². The van der Waals surface area contributed by atoms with Crippen LogP contribution in [0.4, 0.5) is 11.4 Å². The van der Waals surface area contributed by atoms with Crippen LogP contribution in [0.25, 0.3) is 0 Å². The van der Waals surface area contributed by atoms with Crippen molar-refractivity contribution in [3.63, 3.8) is 0 Å². The van der Waals surface area contributed by atoms with Crippen LogP contribution in [0.3, 0.4) is 0 Å². The van der Waals surface area contributed by atoms with Crippen molar-refractivity contribution in [1.82, 2.24) is 4.90 Å². The molecule has 1 aliphatic heterocycles. The van der Waals surface area contributed by atoms with Crippen molar-refractivity contribution in [1.29, 1.82) is 0 Å². The lowest BCUT2D eigenvalue weighted by molar-refractivity contribution is -0.384. The van der Waals surface area contributed by atoms with Gasteiger partial charge in [0.1, 0.15) is 6.04 Å². The zero-order valence-corrected chi connectivity index (χ0v) is 18.7. The molecule has 0 aromatic heterocycles. The highest BCUT2D eigenvalue weighted by Gasteiger charge is 2.51. The number of amides is 3. The minimum Gasteiger partial charge on any atom is -0.454 e. The summed E-state index contributed by atoms with van der Waals surface area (Å²) < 4.78 is 5.20. The van der Waals surface area contributed by atoms with E-state index in [1.165, 1.54) is 24.3 Å². The van der Waals surface area contributed by atoms with E-state index in [9.17, 15) is 29.3 Å². The number of imide groups is 1. The van der Waals surface area contributed by atoms with Gasteiger partial charge >= 0.3 is 5.97 Å². The van der Waals surface area contributed by atoms with Crippen LogP contribution in [0.15, 0.2) is 66.7 Å². The van der Waals surface area contributed by atoms with Gasteiger partial charge in [-0.25, -0.2) is 4.79 Å². The molecule has 1 N–H and O–H groups in total. The molecule has 0 radical (unpaired) electrons. The van der Waals surface area contributed by atoms with Gasteiger partial charge in [-0.05, 0) is 24.5 Å². The van der Waals surface area contributed by atoms with E-state index < -0.39 is 53.1 Å². The average Bonchev–Trinajstić information content (AvgIpc) is 3.11. The number of anilines is 1. The number of non-ortho nitro benzene ring substituents is 1. The summed E-state index contributed by atoms with van der Waals surface area (Å²) in [6.45, 7) is -0.683. The molecular weight excluding hydrogens is 454 g/mol. The molecule has 0 unspecified atom stereocenters. The van der Waals surface area contributed by atoms with Crippen molar-refractivity contribution >= 4 is 35.1 Å². The van der Waals surface area contributed by atoms with Crippen LogP contribution in [0.1, 0.15) is 18.4 Å². The Bertz CT molecular complexity index is 1170. The lowest BCUT2D eigenvalue weighted by Crippen LogP contribution is -2.48. The predicted octanol–water partition coefficient (Wildman–Crippen LogP) is 2.64. The first kappa shape index (κ1) is 23.8. The number of esters is 1. The van der Waals surface area contributed by atoms with Crippen LogP contribution in [0, 0.1) is 22.0 Å². The molecular formula is C25H23N3O7. The Balaban J connectivity index is 1.47. The van der Waals surface area contributed by atoms with Gasteiger partial charge in [-0.15, -0.1) is 0 Å². The maximum Gasteiger partial charge on any atom is 0.330 e. The maximum absolute atomic E-state index is 13.1. The third kappa shape index (κ3) is 5.26. The van der Waals surface area contributed by atoms with E-state index in [1.54, 1.807) is 24.3 Å². The quantitative estimate of drug-likeness (QED) is 0.203. The number of nitrogens with zero attached hydrogens (tertiary/aromatic N) is 2. The van der Waals surface area contributed by atoms with Crippen LogP contribution >= 0.6 is 0 Å². The molecule has 2 aromatic rings. The Kier molecular flexibility index (Phi) is 7.00. The van der Waals surface area contributed by atoms with E-state index in [4.69, 9.17) is 4.74 Å². The Morgan fingerprint density at radius 1 is 1.03 bits per heavy atom. The molecule has 0 saturated carbocycles. The number of nitrogens with one attached hydrogen (secondary N) is 1. The fourth-order valence-electron chi connectivity index (χ4n) is 4.38. The topological polar surface area (TPSA) is 136 Å². The number of carbonyl (C=O) groups is 4. The second-order valence-electron chi connectivity index (χ2n) is 8.37. The van der Waals surface area contributed by atoms with Gasteiger partial charge in [0, 0.05) is 24.2 Å². The number of nitro benzene ring substituents is 1. The van der Waals surface area contributed by atoms with Crippen molar-refractivity contribution < 1.29 is 28.8 Å². The van der Waals surface area contributed by atoms with E-state index in [0.29, 0.717) is 12.8 Å². The van der Waals surface area contributed by atoms with Crippen molar-refractivity contribution in [2.75, 3.05) is 11.9 Å². The van der Waals surface area contributed by atoms with Crippen molar-refractivity contribution in [3.8, 4) is 0 Å². The number of nitro groups is 1. The molecule has 2 aromatic carbocycles. The van der Waals surface area contributed by atoms with E-state index >= 15 is 0 Å². The second-order valence-corrected chi connectivity index (χ2v) is 8.37. The molecule has 0 spiro atoms. The molecule has 3 atom stereocenters. The van der Waals surface area contributed by atoms with Gasteiger partial charge in [0.15, 0.2) is 6.61 Å². The van der Waals surface area contributed by atoms with Gasteiger partial charge in [-0.1, -0.05) is 48.6 Å². The van der Waals surface area contributed by atoms with Gasteiger partial charge in [0.2, 0.25) is 11.8 Å². The molecule has 1 fully saturated rings. The Hall–Kier alpha value is -4.34. The summed E-state index contributed by atoms with van der Waals surface area (Å²) >= 11 is 0. The number of hydrogen-bond donors (Lipinski definition) is 1. The molecule has 2 aliphatic rings. The smallest absolute Gasteiger partial charge is 0.330 e. The molecule has 10 nitrogen and oxygen atoms in total. The molecule has 180 valence electrons. The summed E-state index contributed by atoms with van der Waals surface area (Å²) in [5.74, 6) is -3.43. The summed E-state index contributed by atoms with van der Waals surface area (Å²) in [5, 5.41) is 13.3. The van der Waals surface area contributed by atoms with E-state index in [2.05, 4.69) is 5.32 Å². The molecule has 4 rings (SSSR count). The van der Waals surface area contributed by atoms with Crippen LogP contribution < -0.4 is 5.32 Å². The van der Waals surface area contributed by atoms with Crippen molar-refractivity contribution in [3.05, 3.63) is 82.4 Å². The predicted molar refractivity (Wildman–Crippen MR) is 124 cm³/mol. The van der Waals surface area contributed by atoms with E-state index in [0.717, 1.165) is 10.5 Å². The minimum absolute atomic E-state index is 0.0521. The van der Waals surface area contributed by atoms with Gasteiger partial charge in [-0.3, -0.25) is 29.4 Å². The van der Waals surface area contributed by atoms with Gasteiger partial charge in [-0.2, -0.15) is 0 Å². The van der Waals surface area contributed by atoms with Gasteiger partial charge < -0.3 is 10.1 Å². The summed E-state index contributed by atoms with van der Waals surface area (Å²) in [7, 11) is 0. The van der Waals surface area contributed by atoms with Crippen molar-refractivity contribution in [2.24, 2.45) is 11.8 Å². The largest absolute Gasteiger partial charge is 0.454 e. The SMILES string of the molecule is O=C(COC(=O)[C@@H](Cc1ccccc1)N1C(=O)[C@H]2CC=CC[C@H]2C1=O)Nc1cccc([N+](=O)[O-])c1. The number of ether oxygens (including phenoxy) is 1. The fourth-order valence-corrected chi connectivity index (χ4v) is 4.38. The van der Waals surface area contributed by atoms with Crippen LogP contribution in [0.5, 0.6) is 0 Å². The number of carbonyl (C=O) groups excluding carboxylic acids is 4. The summed E-state index contributed by atoms with van der Waals surface area (Å²) in [6, 6.07) is 13.0. The standard InChI is InChI=1S/C25H23N3O7/c29-22(26-17-9-6-10-18(14-17)28(33)34)15-35-25(32)21(13-16-7-2-1-3-8-16)27-23(30)19-11-4-5-12-20(19)24(27)31/h1-10,14,19-21H,11-13,15H2,(H,26,29)/t19-,20+,21-/m1/s1. The number of hydrogen-bond acceptors (Lipinski definition) is 7. The number of allylic oxidation sites excluding steroid dienone is 2. The first-order valence-corrected chi connectivity index (χ1v) is 11.1. The lowest BCUT2D eigenvalue weighted by atomic mass is 9.85. The second kappa shape index (κ2) is 10.3. The third-order valence-electron chi connectivity index (χ3n) is 6.08. The normalized spacial score (nSPS) is 19.7. The Morgan fingerprint density at radius 3 is 2.31 bits per heavy atom. The Labute approximate surface area is 200 Å². The highest BCUT2D eigenvalue weighted by molar-refractivity contribution is 6.08. The van der Waals surface area contributed by atoms with Gasteiger partial charge in [0.25, 0.3) is 11.6 Å². The number of fused-ring (bicyclic) bond motifs is 1. The van der Waals surface area contributed by atoms with Crippen LogP contribution in [0.2, 0.25) is 0 Å². The molecule has 1 aliphatic carbocycles. The highest BCUT2D eigenvalue weighted by atomic mass is 16.6. The molecule has 0 bridgehead atoms. The first-order valence-electron chi connectivity index (χ1n) is 11.1. The van der Waals surface area contributed by atoms with Crippen LogP contribution in [-0.2, 0) is 30.3 Å². The minimum atomic E-state index is -1.21. The molecule has 1 saturated heterocycles. The molecule has 3 amide bonds. The zero-order chi connectivity index (χ0) is 24.9. The Morgan fingerprint density at radius 2 is 1.69 bits per heavy atom. The number of benzene rings is 2. The highest BCUT2D eigenvalue weighted by Crippen LogP contribution is 2.36. The number of likely N-dealkylation sites (tertiary alicyclic amines) is 1. The molecule has 1 heterocycles. The first-order chi connectivity index (χ1) is 16.8. The number of rotatable bonds is 8. The third-order valence-corrected chi connectivity index (χ3v) is 6.08. The van der Waals surface area contributed by atoms with Crippen molar-refractivity contribution in [2.45, 2.75) is 25.3 Å². The van der Waals surface area contributed by atoms with E-state index in [-0.39, 0.29) is 17.8 Å². The maximum atomic E-state index is 13.1. The zero-order valence-electron chi connectivity index (χ0n) is 18.7. The lowest BCUT2D eigenvalue weighted by Gasteiger charge is -2.25. The summed E-state index contributed by atoms with van der Waals surface area (Å²) in [5.41, 5.74) is 0.691. The average molecular weight is 477 g/mol. The molecule has 10 heteroatoms. The summed E-state index contributed by atoms with van der Waals surface area (Å²) in [6.07, 6.45) is 4.64. The molecule has 35 heavy (non-hydrogen) atoms. The summed E-state index contributed by atoms with van der Waals surface area (Å²) in [4.78, 5) is 62.9. The fraction of sp³-hybridized carbons (Fsp3) is 0.280. The monoisotopic (exact) mass is 477 g/mol.